The molecule has 1 aromatic rings. The molecule has 1 heterocycles. The summed E-state index contributed by atoms with van der Waals surface area (Å²) in [5.74, 6) is 0.0770. The zero-order chi connectivity index (χ0) is 12.7. The standard InChI is InChI=1S/C11H17N3O3/c1-16-7-5-8(12)10(15)14-9-4-3-6-13-11(9)17-2/h3-4,6,8H,5,7,12H2,1-2H3,(H,14,15). The van der Waals surface area contributed by atoms with E-state index in [1.165, 1.54) is 7.11 Å². The minimum Gasteiger partial charge on any atom is -0.480 e. The first-order valence-electron chi connectivity index (χ1n) is 5.23. The molecule has 1 amide bonds. The Balaban J connectivity index is 2.61. The zero-order valence-corrected chi connectivity index (χ0v) is 9.97. The number of aromatic nitrogens is 1. The SMILES string of the molecule is COCCC(N)C(=O)Nc1cccnc1OC. The number of rotatable bonds is 6. The second kappa shape index (κ2) is 6.82. The van der Waals surface area contributed by atoms with Gasteiger partial charge in [0.05, 0.1) is 13.2 Å². The molecule has 1 aromatic heterocycles. The van der Waals surface area contributed by atoms with Gasteiger partial charge in [0, 0.05) is 19.9 Å². The number of hydrogen-bond donors (Lipinski definition) is 2. The van der Waals surface area contributed by atoms with Crippen LogP contribution in [0.15, 0.2) is 18.3 Å². The van der Waals surface area contributed by atoms with Crippen molar-refractivity contribution in [2.45, 2.75) is 12.5 Å². The summed E-state index contributed by atoms with van der Waals surface area (Å²) in [6, 6.07) is 2.80. The first kappa shape index (κ1) is 13.4. The van der Waals surface area contributed by atoms with E-state index in [-0.39, 0.29) is 5.91 Å². The molecule has 1 unspecified atom stereocenters. The van der Waals surface area contributed by atoms with Crippen molar-refractivity contribution in [1.29, 1.82) is 0 Å². The number of carbonyl (C=O) groups is 1. The number of nitrogens with one attached hydrogen (secondary N) is 1. The summed E-state index contributed by atoms with van der Waals surface area (Å²) in [5.41, 5.74) is 6.20. The van der Waals surface area contributed by atoms with Crippen molar-refractivity contribution >= 4 is 11.6 Å². The summed E-state index contributed by atoms with van der Waals surface area (Å²) in [6.07, 6.45) is 2.05. The highest BCUT2D eigenvalue weighted by atomic mass is 16.5. The molecule has 3 N–H and O–H groups in total. The Labute approximate surface area is 100 Å². The average molecular weight is 239 g/mol. The van der Waals surface area contributed by atoms with E-state index in [0.717, 1.165) is 0 Å². The van der Waals surface area contributed by atoms with Crippen LogP contribution < -0.4 is 15.8 Å². The van der Waals surface area contributed by atoms with E-state index < -0.39 is 6.04 Å². The van der Waals surface area contributed by atoms with Gasteiger partial charge in [0.15, 0.2) is 0 Å². The maximum absolute atomic E-state index is 11.7. The fourth-order valence-electron chi connectivity index (χ4n) is 1.25. The molecule has 0 spiro atoms. The lowest BCUT2D eigenvalue weighted by Crippen LogP contribution is -2.36. The van der Waals surface area contributed by atoms with Gasteiger partial charge in [-0.1, -0.05) is 0 Å². The Bertz CT molecular complexity index is 371. The molecule has 6 nitrogen and oxygen atoms in total. The van der Waals surface area contributed by atoms with Gasteiger partial charge in [0.2, 0.25) is 11.8 Å². The molecular formula is C11H17N3O3. The first-order valence-corrected chi connectivity index (χ1v) is 5.23. The van der Waals surface area contributed by atoms with Crippen molar-refractivity contribution in [3.05, 3.63) is 18.3 Å². The van der Waals surface area contributed by atoms with Gasteiger partial charge < -0.3 is 20.5 Å². The normalized spacial score (nSPS) is 11.9. The molecule has 1 rings (SSSR count). The Hall–Kier alpha value is -1.66. The van der Waals surface area contributed by atoms with E-state index in [0.29, 0.717) is 24.6 Å². The number of methoxy groups -OCH3 is 2. The second-order valence-electron chi connectivity index (χ2n) is 3.44. The van der Waals surface area contributed by atoms with Crippen LogP contribution in [0.3, 0.4) is 0 Å². The highest BCUT2D eigenvalue weighted by Crippen LogP contribution is 2.19. The van der Waals surface area contributed by atoms with Crippen LogP contribution in [0.25, 0.3) is 0 Å². The van der Waals surface area contributed by atoms with E-state index in [9.17, 15) is 4.79 Å². The van der Waals surface area contributed by atoms with E-state index in [1.54, 1.807) is 25.4 Å². The fourth-order valence-corrected chi connectivity index (χ4v) is 1.25. The van der Waals surface area contributed by atoms with Crippen molar-refractivity contribution in [2.24, 2.45) is 5.73 Å². The maximum atomic E-state index is 11.7. The summed E-state index contributed by atoms with van der Waals surface area (Å²) in [4.78, 5) is 15.7. The predicted molar refractivity (Wildman–Crippen MR) is 63.9 cm³/mol. The van der Waals surface area contributed by atoms with Gasteiger partial charge in [-0.15, -0.1) is 0 Å². The molecule has 6 heteroatoms. The highest BCUT2D eigenvalue weighted by molar-refractivity contribution is 5.95. The average Bonchev–Trinajstić information content (AvgIpc) is 2.36. The van der Waals surface area contributed by atoms with Crippen molar-refractivity contribution in [2.75, 3.05) is 26.1 Å². The molecular weight excluding hydrogens is 222 g/mol. The van der Waals surface area contributed by atoms with Crippen LogP contribution in [-0.2, 0) is 9.53 Å². The van der Waals surface area contributed by atoms with Crippen molar-refractivity contribution < 1.29 is 14.3 Å². The van der Waals surface area contributed by atoms with E-state index in [2.05, 4.69) is 10.3 Å². The summed E-state index contributed by atoms with van der Waals surface area (Å²) in [6.45, 7) is 0.443. The van der Waals surface area contributed by atoms with Crippen LogP contribution in [-0.4, -0.2) is 37.8 Å². The van der Waals surface area contributed by atoms with Crippen molar-refractivity contribution in [3.63, 3.8) is 0 Å². The molecule has 0 aromatic carbocycles. The van der Waals surface area contributed by atoms with Gasteiger partial charge >= 0.3 is 0 Å². The molecule has 0 fully saturated rings. The zero-order valence-electron chi connectivity index (χ0n) is 9.97. The molecule has 0 radical (unpaired) electrons. The Kier molecular flexibility index (Phi) is 5.38. The lowest BCUT2D eigenvalue weighted by Gasteiger charge is -2.13. The number of nitrogens with two attached hydrogens (primary N) is 1. The lowest BCUT2D eigenvalue weighted by atomic mass is 10.2. The van der Waals surface area contributed by atoms with Crippen molar-refractivity contribution in [3.8, 4) is 5.88 Å². The van der Waals surface area contributed by atoms with Gasteiger partial charge in [0.1, 0.15) is 5.69 Å². The third kappa shape index (κ3) is 4.01. The number of hydrogen-bond acceptors (Lipinski definition) is 5. The molecule has 1 atom stereocenters. The van der Waals surface area contributed by atoms with Crippen LogP contribution in [0, 0.1) is 0 Å². The van der Waals surface area contributed by atoms with Gasteiger partial charge in [-0.3, -0.25) is 4.79 Å². The van der Waals surface area contributed by atoms with Crippen LogP contribution in [0.1, 0.15) is 6.42 Å². The number of nitrogens with zero attached hydrogens (tertiary/aromatic N) is 1. The Morgan fingerprint density at radius 1 is 1.59 bits per heavy atom. The largest absolute Gasteiger partial charge is 0.480 e. The number of anilines is 1. The van der Waals surface area contributed by atoms with E-state index in [4.69, 9.17) is 15.2 Å². The Morgan fingerprint density at radius 2 is 2.35 bits per heavy atom. The molecule has 0 bridgehead atoms. The summed E-state index contributed by atoms with van der Waals surface area (Å²) in [7, 11) is 3.05. The van der Waals surface area contributed by atoms with Crippen LogP contribution in [0.2, 0.25) is 0 Å². The minimum absolute atomic E-state index is 0.284. The third-order valence-corrected chi connectivity index (χ3v) is 2.19. The minimum atomic E-state index is -0.611. The second-order valence-corrected chi connectivity index (χ2v) is 3.44. The molecule has 94 valence electrons. The monoisotopic (exact) mass is 239 g/mol. The van der Waals surface area contributed by atoms with E-state index >= 15 is 0 Å². The summed E-state index contributed by atoms with van der Waals surface area (Å²) < 4.78 is 9.88. The molecule has 0 saturated heterocycles. The molecule has 0 saturated carbocycles. The smallest absolute Gasteiger partial charge is 0.241 e. The molecule has 0 aliphatic heterocycles. The van der Waals surface area contributed by atoms with Crippen molar-refractivity contribution in [1.82, 2.24) is 4.98 Å². The summed E-state index contributed by atoms with van der Waals surface area (Å²) >= 11 is 0. The topological polar surface area (TPSA) is 86.5 Å². The lowest BCUT2D eigenvalue weighted by molar-refractivity contribution is -0.117. The highest BCUT2D eigenvalue weighted by Gasteiger charge is 2.15. The first-order chi connectivity index (χ1) is 8.19. The summed E-state index contributed by atoms with van der Waals surface area (Å²) in [5, 5.41) is 2.66. The van der Waals surface area contributed by atoms with Crippen LogP contribution in [0.5, 0.6) is 5.88 Å². The molecule has 0 aliphatic rings. The number of pyridine rings is 1. The number of ether oxygens (including phenoxy) is 2. The number of carbonyl (C=O) groups excluding carboxylic acids is 1. The van der Waals surface area contributed by atoms with Gasteiger partial charge in [-0.2, -0.15) is 0 Å². The third-order valence-electron chi connectivity index (χ3n) is 2.19. The van der Waals surface area contributed by atoms with Crippen LogP contribution >= 0.6 is 0 Å². The quantitative estimate of drug-likeness (QED) is 0.750. The molecule has 0 aliphatic carbocycles. The fraction of sp³-hybridized carbons (Fsp3) is 0.455. The maximum Gasteiger partial charge on any atom is 0.241 e. The predicted octanol–water partition coefficient (Wildman–Crippen LogP) is 0.392. The van der Waals surface area contributed by atoms with E-state index in [1.807, 2.05) is 0 Å². The number of amides is 1. The van der Waals surface area contributed by atoms with Gasteiger partial charge in [-0.25, -0.2) is 4.98 Å². The van der Waals surface area contributed by atoms with Crippen LogP contribution in [0.4, 0.5) is 5.69 Å². The molecule has 17 heavy (non-hydrogen) atoms. The Morgan fingerprint density at radius 3 is 3.00 bits per heavy atom. The van der Waals surface area contributed by atoms with Gasteiger partial charge in [0.25, 0.3) is 0 Å². The van der Waals surface area contributed by atoms with Gasteiger partial charge in [-0.05, 0) is 18.6 Å².